The second-order valence-corrected chi connectivity index (χ2v) is 8.01. The van der Waals surface area contributed by atoms with Gasteiger partial charge in [-0.3, -0.25) is 9.59 Å². The predicted octanol–water partition coefficient (Wildman–Crippen LogP) is 3.01. The summed E-state index contributed by atoms with van der Waals surface area (Å²) in [5.41, 5.74) is 0.398. The molecule has 1 aliphatic carbocycles. The van der Waals surface area contributed by atoms with Crippen LogP contribution >= 0.6 is 11.3 Å². The van der Waals surface area contributed by atoms with Gasteiger partial charge in [0.15, 0.2) is 5.82 Å². The van der Waals surface area contributed by atoms with E-state index in [1.807, 2.05) is 27.8 Å². The molecule has 0 saturated heterocycles. The zero-order valence-corrected chi connectivity index (χ0v) is 15.9. The molecule has 7 heteroatoms. The van der Waals surface area contributed by atoms with E-state index in [1.54, 1.807) is 22.4 Å². The van der Waals surface area contributed by atoms with Crippen molar-refractivity contribution in [3.8, 4) is 0 Å². The maximum absolute atomic E-state index is 13.3. The van der Waals surface area contributed by atoms with Crippen LogP contribution in [0, 0.1) is 0 Å². The van der Waals surface area contributed by atoms with Gasteiger partial charge < -0.3 is 14.4 Å². The molecule has 2 aliphatic rings. The van der Waals surface area contributed by atoms with Crippen molar-refractivity contribution in [2.75, 3.05) is 13.1 Å². The summed E-state index contributed by atoms with van der Waals surface area (Å²) in [6, 6.07) is 4.36. The zero-order chi connectivity index (χ0) is 18.1. The largest absolute Gasteiger partial charge is 0.334 e. The number of likely N-dealkylation sites (N-methyl/N-ethyl adjacent to an activating group) is 1. The topological polar surface area (TPSA) is 58.4 Å². The number of imidazole rings is 1. The van der Waals surface area contributed by atoms with Crippen molar-refractivity contribution in [2.45, 2.75) is 51.7 Å². The number of fused-ring (bicyclic) bond motifs is 1. The summed E-state index contributed by atoms with van der Waals surface area (Å²) in [5.74, 6) is 0.260. The molecule has 0 aromatic carbocycles. The van der Waals surface area contributed by atoms with Crippen LogP contribution in [0.25, 0.3) is 0 Å². The minimum Gasteiger partial charge on any atom is -0.334 e. The van der Waals surface area contributed by atoms with E-state index in [0.717, 1.165) is 12.8 Å². The van der Waals surface area contributed by atoms with Crippen molar-refractivity contribution in [1.29, 1.82) is 0 Å². The molecule has 6 nitrogen and oxygen atoms in total. The van der Waals surface area contributed by atoms with E-state index in [0.29, 0.717) is 37.7 Å². The Morgan fingerprint density at radius 3 is 2.85 bits per heavy atom. The lowest BCUT2D eigenvalue weighted by Gasteiger charge is -2.28. The Bertz CT molecular complexity index is 793. The van der Waals surface area contributed by atoms with Crippen molar-refractivity contribution in [1.82, 2.24) is 19.4 Å². The molecule has 0 bridgehead atoms. The Labute approximate surface area is 157 Å². The lowest BCUT2D eigenvalue weighted by Crippen LogP contribution is -2.40. The lowest BCUT2D eigenvalue weighted by atomic mass is 10.2. The lowest BCUT2D eigenvalue weighted by molar-refractivity contribution is 0.0661. The number of hydrogen-bond donors (Lipinski definition) is 0. The molecule has 3 heterocycles. The summed E-state index contributed by atoms with van der Waals surface area (Å²) in [7, 11) is 0. The van der Waals surface area contributed by atoms with Gasteiger partial charge in [-0.15, -0.1) is 11.3 Å². The summed E-state index contributed by atoms with van der Waals surface area (Å²) in [5, 5.41) is 2.04. The molecular weight excluding hydrogens is 348 g/mol. The molecule has 2 amide bonds. The van der Waals surface area contributed by atoms with Crippen LogP contribution in [0.4, 0.5) is 0 Å². The molecule has 0 N–H and O–H groups in total. The Kier molecular flexibility index (Phi) is 4.80. The fourth-order valence-electron chi connectivity index (χ4n) is 3.93. The van der Waals surface area contributed by atoms with E-state index in [-0.39, 0.29) is 17.9 Å². The number of carbonyl (C=O) groups excluding carboxylic acids is 2. The van der Waals surface area contributed by atoms with Gasteiger partial charge in [-0.1, -0.05) is 18.9 Å². The van der Waals surface area contributed by atoms with Gasteiger partial charge in [0.25, 0.3) is 11.8 Å². The third-order valence-corrected chi connectivity index (χ3v) is 6.26. The standard InChI is InChI=1S/C19H24N4O2S/c1-2-21-9-10-22-13-16(20-17(22)19(21)25)18(24)23(14-6-3-4-7-14)12-15-8-5-11-26-15/h5,8,11,13-14H,2-4,6-7,9-10,12H2,1H3. The van der Waals surface area contributed by atoms with Gasteiger partial charge >= 0.3 is 0 Å². The first-order valence-corrected chi connectivity index (χ1v) is 10.2. The molecule has 2 aromatic heterocycles. The molecule has 1 fully saturated rings. The second kappa shape index (κ2) is 7.23. The van der Waals surface area contributed by atoms with E-state index in [1.165, 1.54) is 17.7 Å². The van der Waals surface area contributed by atoms with Gasteiger partial charge in [-0.05, 0) is 31.2 Å². The van der Waals surface area contributed by atoms with Gasteiger partial charge in [0.2, 0.25) is 0 Å². The molecule has 2 aromatic rings. The van der Waals surface area contributed by atoms with Gasteiger partial charge in [0.05, 0.1) is 6.54 Å². The van der Waals surface area contributed by atoms with Gasteiger partial charge in [-0.25, -0.2) is 4.98 Å². The van der Waals surface area contributed by atoms with Crippen LogP contribution in [0.5, 0.6) is 0 Å². The number of nitrogens with zero attached hydrogens (tertiary/aromatic N) is 4. The molecule has 138 valence electrons. The molecule has 1 aliphatic heterocycles. The first kappa shape index (κ1) is 17.3. The molecule has 0 radical (unpaired) electrons. The summed E-state index contributed by atoms with van der Waals surface area (Å²) in [6.45, 7) is 4.63. The number of rotatable bonds is 5. The van der Waals surface area contributed by atoms with E-state index in [4.69, 9.17) is 0 Å². The molecule has 1 saturated carbocycles. The number of amides is 2. The van der Waals surface area contributed by atoms with Gasteiger partial charge in [-0.2, -0.15) is 0 Å². The maximum Gasteiger partial charge on any atom is 0.289 e. The van der Waals surface area contributed by atoms with Gasteiger partial charge in [0.1, 0.15) is 5.69 Å². The van der Waals surface area contributed by atoms with Crippen LogP contribution in [-0.4, -0.2) is 50.3 Å². The first-order valence-electron chi connectivity index (χ1n) is 9.37. The van der Waals surface area contributed by atoms with Crippen LogP contribution < -0.4 is 0 Å². The minimum absolute atomic E-state index is 0.0527. The van der Waals surface area contributed by atoms with E-state index >= 15 is 0 Å². The van der Waals surface area contributed by atoms with Crippen LogP contribution in [0.3, 0.4) is 0 Å². The highest BCUT2D eigenvalue weighted by Crippen LogP contribution is 2.27. The monoisotopic (exact) mass is 372 g/mol. The number of thiophene rings is 1. The average molecular weight is 372 g/mol. The van der Waals surface area contributed by atoms with Crippen molar-refractivity contribution in [3.05, 3.63) is 40.1 Å². The highest BCUT2D eigenvalue weighted by molar-refractivity contribution is 7.09. The first-order chi connectivity index (χ1) is 12.7. The van der Waals surface area contributed by atoms with Crippen LogP contribution in [0.2, 0.25) is 0 Å². The number of aromatic nitrogens is 2. The molecule has 26 heavy (non-hydrogen) atoms. The van der Waals surface area contributed by atoms with E-state index in [2.05, 4.69) is 11.1 Å². The van der Waals surface area contributed by atoms with Crippen molar-refractivity contribution in [2.24, 2.45) is 0 Å². The predicted molar refractivity (Wildman–Crippen MR) is 100 cm³/mol. The molecular formula is C19H24N4O2S. The summed E-state index contributed by atoms with van der Waals surface area (Å²) >= 11 is 1.67. The normalized spacial score (nSPS) is 17.6. The SMILES string of the molecule is CCN1CCn2cc(C(=O)N(Cc3cccs3)C3CCCC3)nc2C1=O. The quantitative estimate of drug-likeness (QED) is 0.811. The van der Waals surface area contributed by atoms with Crippen molar-refractivity contribution < 1.29 is 9.59 Å². The van der Waals surface area contributed by atoms with Crippen LogP contribution in [0.1, 0.15) is 58.6 Å². The molecule has 0 unspecified atom stereocenters. The Morgan fingerprint density at radius 1 is 1.35 bits per heavy atom. The zero-order valence-electron chi connectivity index (χ0n) is 15.1. The van der Waals surface area contributed by atoms with Crippen molar-refractivity contribution >= 4 is 23.2 Å². The van der Waals surface area contributed by atoms with E-state index in [9.17, 15) is 9.59 Å². The molecule has 4 rings (SSSR count). The Hall–Kier alpha value is -2.15. The van der Waals surface area contributed by atoms with Gasteiger partial charge in [0, 0.05) is 36.8 Å². The van der Waals surface area contributed by atoms with Crippen molar-refractivity contribution in [3.63, 3.8) is 0 Å². The highest BCUT2D eigenvalue weighted by atomic mass is 32.1. The van der Waals surface area contributed by atoms with Crippen LogP contribution in [-0.2, 0) is 13.1 Å². The van der Waals surface area contributed by atoms with E-state index < -0.39 is 0 Å². The van der Waals surface area contributed by atoms with Crippen LogP contribution in [0.15, 0.2) is 23.7 Å². The highest BCUT2D eigenvalue weighted by Gasteiger charge is 2.32. The Morgan fingerprint density at radius 2 is 2.15 bits per heavy atom. The summed E-state index contributed by atoms with van der Waals surface area (Å²) in [4.78, 5) is 35.1. The average Bonchev–Trinajstić information content (AvgIpc) is 3.40. The minimum atomic E-state index is -0.0801. The third kappa shape index (κ3) is 3.16. The second-order valence-electron chi connectivity index (χ2n) is 6.98. The fraction of sp³-hybridized carbons (Fsp3) is 0.526. The summed E-state index contributed by atoms with van der Waals surface area (Å²) < 4.78 is 1.83. The maximum atomic E-state index is 13.3. The smallest absolute Gasteiger partial charge is 0.289 e. The molecule has 0 atom stereocenters. The number of carbonyl (C=O) groups is 2. The Balaban J connectivity index is 1.60. The molecule has 0 spiro atoms. The number of hydrogen-bond acceptors (Lipinski definition) is 4. The summed E-state index contributed by atoms with van der Waals surface area (Å²) in [6.07, 6.45) is 6.20. The third-order valence-electron chi connectivity index (χ3n) is 5.40. The fourth-order valence-corrected chi connectivity index (χ4v) is 4.64.